The zero-order valence-corrected chi connectivity index (χ0v) is 10.1. The third-order valence-corrected chi connectivity index (χ3v) is 3.72. The molecule has 2 atom stereocenters. The van der Waals surface area contributed by atoms with Gasteiger partial charge in [0.1, 0.15) is 5.82 Å². The van der Waals surface area contributed by atoms with Gasteiger partial charge in [0, 0.05) is 16.1 Å². The Morgan fingerprint density at radius 2 is 1.94 bits per heavy atom. The Hall–Kier alpha value is -1.07. The van der Waals surface area contributed by atoms with Crippen LogP contribution in [-0.2, 0) is 4.79 Å². The Kier molecular flexibility index (Phi) is 4.76. The lowest BCUT2D eigenvalue weighted by Crippen LogP contribution is -2.38. The van der Waals surface area contributed by atoms with Crippen LogP contribution >= 0.6 is 11.8 Å². The molecule has 88 valence electrons. The molecule has 3 nitrogen and oxygen atoms in total. The van der Waals surface area contributed by atoms with E-state index in [1.807, 2.05) is 13.8 Å². The molecule has 0 fully saturated rings. The highest BCUT2D eigenvalue weighted by molar-refractivity contribution is 8.00. The molecule has 1 amide bonds. The fourth-order valence-corrected chi connectivity index (χ4v) is 2.22. The fraction of sp³-hybridized carbons (Fsp3) is 0.364. The molecule has 3 N–H and O–H groups in total. The molecule has 1 aromatic carbocycles. The summed E-state index contributed by atoms with van der Waals surface area (Å²) in [5.74, 6) is 4.42. The number of benzene rings is 1. The van der Waals surface area contributed by atoms with Gasteiger partial charge in [-0.2, -0.15) is 0 Å². The van der Waals surface area contributed by atoms with Gasteiger partial charge >= 0.3 is 0 Å². The van der Waals surface area contributed by atoms with Crippen LogP contribution in [-0.4, -0.2) is 11.2 Å². The molecule has 1 aromatic rings. The Bertz CT molecular complexity index is 356. The third kappa shape index (κ3) is 3.50. The topological polar surface area (TPSA) is 55.1 Å². The number of rotatable bonds is 4. The van der Waals surface area contributed by atoms with E-state index >= 15 is 0 Å². The van der Waals surface area contributed by atoms with Crippen molar-refractivity contribution in [2.45, 2.75) is 24.0 Å². The molecule has 5 heteroatoms. The molecule has 0 aromatic heterocycles. The Morgan fingerprint density at radius 1 is 1.38 bits per heavy atom. The van der Waals surface area contributed by atoms with Gasteiger partial charge in [-0.25, -0.2) is 10.2 Å². The number of carbonyl (C=O) groups excluding carboxylic acids is 1. The van der Waals surface area contributed by atoms with Crippen molar-refractivity contribution in [1.82, 2.24) is 5.43 Å². The van der Waals surface area contributed by atoms with Crippen molar-refractivity contribution in [2.75, 3.05) is 0 Å². The van der Waals surface area contributed by atoms with E-state index in [4.69, 9.17) is 5.84 Å². The summed E-state index contributed by atoms with van der Waals surface area (Å²) in [5, 5.41) is 0.0778. The van der Waals surface area contributed by atoms with Crippen molar-refractivity contribution in [3.8, 4) is 0 Å². The van der Waals surface area contributed by atoms with Crippen LogP contribution in [0.1, 0.15) is 13.8 Å². The smallest absolute Gasteiger partial charge is 0.237 e. The van der Waals surface area contributed by atoms with E-state index < -0.39 is 0 Å². The highest BCUT2D eigenvalue weighted by Gasteiger charge is 2.20. The summed E-state index contributed by atoms with van der Waals surface area (Å²) in [7, 11) is 0. The average Bonchev–Trinajstić information content (AvgIpc) is 2.30. The quantitative estimate of drug-likeness (QED) is 0.367. The van der Waals surface area contributed by atoms with E-state index in [1.54, 1.807) is 12.1 Å². The zero-order valence-electron chi connectivity index (χ0n) is 9.24. The molecule has 0 aliphatic heterocycles. The lowest BCUT2D eigenvalue weighted by molar-refractivity contribution is -0.124. The van der Waals surface area contributed by atoms with Gasteiger partial charge in [0.2, 0.25) is 5.91 Å². The first-order chi connectivity index (χ1) is 7.54. The molecular formula is C11H15FN2OS. The number of amides is 1. The number of halogens is 1. The van der Waals surface area contributed by atoms with E-state index in [1.165, 1.54) is 23.9 Å². The maximum atomic E-state index is 12.7. The van der Waals surface area contributed by atoms with Crippen LogP contribution in [0.15, 0.2) is 29.2 Å². The minimum atomic E-state index is -0.259. The maximum absolute atomic E-state index is 12.7. The summed E-state index contributed by atoms with van der Waals surface area (Å²) in [6, 6.07) is 6.21. The second-order valence-corrected chi connectivity index (χ2v) is 5.02. The van der Waals surface area contributed by atoms with E-state index in [9.17, 15) is 9.18 Å². The summed E-state index contributed by atoms with van der Waals surface area (Å²) in [5.41, 5.74) is 2.13. The molecular weight excluding hydrogens is 227 g/mol. The van der Waals surface area contributed by atoms with Crippen LogP contribution in [0.25, 0.3) is 0 Å². The number of carbonyl (C=O) groups is 1. The minimum absolute atomic E-state index is 0.0778. The summed E-state index contributed by atoms with van der Waals surface area (Å²) >= 11 is 1.52. The first kappa shape index (κ1) is 13.0. The van der Waals surface area contributed by atoms with Gasteiger partial charge in [0.25, 0.3) is 0 Å². The van der Waals surface area contributed by atoms with Crippen LogP contribution in [0, 0.1) is 11.7 Å². The van der Waals surface area contributed by atoms with Gasteiger partial charge in [-0.3, -0.25) is 10.2 Å². The Balaban J connectivity index is 2.60. The molecule has 0 radical (unpaired) electrons. The van der Waals surface area contributed by atoms with Gasteiger partial charge in [0.15, 0.2) is 0 Å². The van der Waals surface area contributed by atoms with E-state index in [-0.39, 0.29) is 22.9 Å². The van der Waals surface area contributed by atoms with Crippen LogP contribution < -0.4 is 11.3 Å². The van der Waals surface area contributed by atoms with Crippen LogP contribution in [0.2, 0.25) is 0 Å². The van der Waals surface area contributed by atoms with Gasteiger partial charge in [-0.15, -0.1) is 11.8 Å². The second-order valence-electron chi connectivity index (χ2n) is 3.57. The Labute approximate surface area is 98.6 Å². The van der Waals surface area contributed by atoms with Gasteiger partial charge in [0.05, 0.1) is 0 Å². The Morgan fingerprint density at radius 3 is 2.44 bits per heavy atom. The summed E-state index contributed by atoms with van der Waals surface area (Å²) in [4.78, 5) is 12.2. The van der Waals surface area contributed by atoms with Crippen molar-refractivity contribution in [1.29, 1.82) is 0 Å². The average molecular weight is 242 g/mol. The molecule has 16 heavy (non-hydrogen) atoms. The maximum Gasteiger partial charge on any atom is 0.237 e. The van der Waals surface area contributed by atoms with Crippen molar-refractivity contribution in [2.24, 2.45) is 11.8 Å². The van der Waals surface area contributed by atoms with Crippen LogP contribution in [0.4, 0.5) is 4.39 Å². The summed E-state index contributed by atoms with van der Waals surface area (Å²) < 4.78 is 12.7. The third-order valence-electron chi connectivity index (χ3n) is 2.40. The number of thioether (sulfide) groups is 1. The number of hydrogen-bond acceptors (Lipinski definition) is 3. The molecule has 0 aliphatic carbocycles. The molecule has 0 bridgehead atoms. The second kappa shape index (κ2) is 5.86. The van der Waals surface area contributed by atoms with Gasteiger partial charge < -0.3 is 0 Å². The molecule has 0 saturated heterocycles. The number of nitrogens with two attached hydrogens (primary N) is 1. The first-order valence-electron chi connectivity index (χ1n) is 4.97. The molecule has 0 heterocycles. The van der Waals surface area contributed by atoms with Gasteiger partial charge in [-0.05, 0) is 24.3 Å². The molecule has 2 unspecified atom stereocenters. The van der Waals surface area contributed by atoms with Crippen molar-refractivity contribution in [3.63, 3.8) is 0 Å². The lowest BCUT2D eigenvalue weighted by atomic mass is 10.1. The van der Waals surface area contributed by atoms with E-state index in [2.05, 4.69) is 5.43 Å². The molecule has 0 spiro atoms. The highest BCUT2D eigenvalue weighted by atomic mass is 32.2. The van der Waals surface area contributed by atoms with Gasteiger partial charge in [-0.1, -0.05) is 13.8 Å². The molecule has 1 rings (SSSR count). The SMILES string of the molecule is CC(Sc1ccc(F)cc1)C(C)C(=O)NN. The zero-order chi connectivity index (χ0) is 12.1. The van der Waals surface area contributed by atoms with Crippen LogP contribution in [0.5, 0.6) is 0 Å². The largest absolute Gasteiger partial charge is 0.294 e. The van der Waals surface area contributed by atoms with E-state index in [0.717, 1.165) is 4.90 Å². The van der Waals surface area contributed by atoms with Crippen molar-refractivity contribution >= 4 is 17.7 Å². The highest BCUT2D eigenvalue weighted by Crippen LogP contribution is 2.27. The minimum Gasteiger partial charge on any atom is -0.294 e. The van der Waals surface area contributed by atoms with E-state index in [0.29, 0.717) is 0 Å². The normalized spacial score (nSPS) is 14.2. The number of hydrogen-bond donors (Lipinski definition) is 2. The summed E-state index contributed by atoms with van der Waals surface area (Å²) in [6.07, 6.45) is 0. The van der Waals surface area contributed by atoms with Crippen molar-refractivity contribution in [3.05, 3.63) is 30.1 Å². The van der Waals surface area contributed by atoms with Crippen molar-refractivity contribution < 1.29 is 9.18 Å². The number of nitrogens with one attached hydrogen (secondary N) is 1. The van der Waals surface area contributed by atoms with Crippen LogP contribution in [0.3, 0.4) is 0 Å². The number of hydrazine groups is 1. The first-order valence-corrected chi connectivity index (χ1v) is 5.85. The molecule has 0 aliphatic rings. The summed E-state index contributed by atoms with van der Waals surface area (Å²) in [6.45, 7) is 3.75. The predicted octanol–water partition coefficient (Wildman–Crippen LogP) is 1.93. The monoisotopic (exact) mass is 242 g/mol. The predicted molar refractivity (Wildman–Crippen MR) is 63.2 cm³/mol. The fourth-order valence-electron chi connectivity index (χ4n) is 1.17. The molecule has 0 saturated carbocycles. The lowest BCUT2D eigenvalue weighted by Gasteiger charge is -2.17. The standard InChI is InChI=1S/C11H15FN2OS/c1-7(11(15)14-13)8(2)16-10-5-3-9(12)4-6-10/h3-8H,13H2,1-2H3,(H,14,15).